The van der Waals surface area contributed by atoms with Gasteiger partial charge in [-0.2, -0.15) is 0 Å². The van der Waals surface area contributed by atoms with E-state index in [-0.39, 0.29) is 6.03 Å². The minimum absolute atomic E-state index is 0.0188. The quantitative estimate of drug-likeness (QED) is 0.689. The van der Waals surface area contributed by atoms with Gasteiger partial charge in [-0.15, -0.1) is 0 Å². The van der Waals surface area contributed by atoms with Crippen LogP contribution in [-0.4, -0.2) is 18.6 Å². The van der Waals surface area contributed by atoms with Gasteiger partial charge in [-0.3, -0.25) is 0 Å². The lowest BCUT2D eigenvalue weighted by atomic mass is 9.74. The van der Waals surface area contributed by atoms with Crippen LogP contribution < -0.4 is 10.6 Å². The number of carbonyl (C=O) groups is 1. The van der Waals surface area contributed by atoms with Crippen molar-refractivity contribution in [3.05, 3.63) is 0 Å². The molecule has 0 aromatic carbocycles. The van der Waals surface area contributed by atoms with Crippen LogP contribution in [0.25, 0.3) is 0 Å². The third-order valence-electron chi connectivity index (χ3n) is 2.79. The van der Waals surface area contributed by atoms with Crippen molar-refractivity contribution in [3.63, 3.8) is 0 Å². The summed E-state index contributed by atoms with van der Waals surface area (Å²) in [7, 11) is 0. The molecule has 3 nitrogen and oxygen atoms in total. The molecule has 0 aromatic rings. The molecule has 0 atom stereocenters. The fraction of sp³-hybridized carbons (Fsp3) is 0.900. The van der Waals surface area contributed by atoms with Gasteiger partial charge >= 0.3 is 6.03 Å². The van der Waals surface area contributed by atoms with Crippen molar-refractivity contribution in [2.45, 2.75) is 39.7 Å². The number of hydrogen-bond donors (Lipinski definition) is 2. The highest BCUT2D eigenvalue weighted by molar-refractivity contribution is 5.74. The first-order chi connectivity index (χ1) is 6.13. The number of hydrogen-bond acceptors (Lipinski definition) is 1. The first-order valence-corrected chi connectivity index (χ1v) is 5.17. The first kappa shape index (κ1) is 10.4. The van der Waals surface area contributed by atoms with Gasteiger partial charge in [0.15, 0.2) is 0 Å². The van der Waals surface area contributed by atoms with E-state index >= 15 is 0 Å². The van der Waals surface area contributed by atoms with Crippen LogP contribution in [0.5, 0.6) is 0 Å². The molecular weight excluding hydrogens is 164 g/mol. The van der Waals surface area contributed by atoms with Crippen LogP contribution in [0.1, 0.15) is 33.6 Å². The number of urea groups is 1. The van der Waals surface area contributed by atoms with Crippen molar-refractivity contribution >= 4 is 6.03 Å². The molecule has 13 heavy (non-hydrogen) atoms. The smallest absolute Gasteiger partial charge is 0.314 e. The van der Waals surface area contributed by atoms with Crippen LogP contribution in [0, 0.1) is 11.8 Å². The highest BCUT2D eigenvalue weighted by Crippen LogP contribution is 2.33. The highest BCUT2D eigenvalue weighted by Gasteiger charge is 2.31. The maximum atomic E-state index is 11.1. The van der Waals surface area contributed by atoms with Crippen LogP contribution in [0.2, 0.25) is 0 Å². The topological polar surface area (TPSA) is 41.1 Å². The fourth-order valence-electron chi connectivity index (χ4n) is 1.72. The number of carbonyl (C=O) groups excluding carboxylic acids is 1. The van der Waals surface area contributed by atoms with Gasteiger partial charge in [0.25, 0.3) is 0 Å². The molecule has 3 heteroatoms. The van der Waals surface area contributed by atoms with E-state index in [1.54, 1.807) is 0 Å². The van der Waals surface area contributed by atoms with Gasteiger partial charge in [0.1, 0.15) is 0 Å². The summed E-state index contributed by atoms with van der Waals surface area (Å²) in [6.45, 7) is 7.11. The summed E-state index contributed by atoms with van der Waals surface area (Å²) in [6.07, 6.45) is 2.30. The second-order valence-electron chi connectivity index (χ2n) is 4.18. The maximum Gasteiger partial charge on any atom is 0.314 e. The zero-order chi connectivity index (χ0) is 9.84. The lowest BCUT2D eigenvalue weighted by molar-refractivity contribution is 0.167. The van der Waals surface area contributed by atoms with E-state index in [9.17, 15) is 4.79 Å². The molecular formula is C10H20N2O. The Morgan fingerprint density at radius 1 is 1.46 bits per heavy atom. The molecule has 2 N–H and O–H groups in total. The van der Waals surface area contributed by atoms with Gasteiger partial charge in [0, 0.05) is 12.6 Å². The van der Waals surface area contributed by atoms with Gasteiger partial charge in [0.2, 0.25) is 0 Å². The summed E-state index contributed by atoms with van der Waals surface area (Å²) in [6, 6.07) is 0.397. The summed E-state index contributed by atoms with van der Waals surface area (Å²) < 4.78 is 0. The lowest BCUT2D eigenvalue weighted by Crippen LogP contribution is -2.49. The largest absolute Gasteiger partial charge is 0.338 e. The Labute approximate surface area is 80.3 Å². The molecule has 76 valence electrons. The molecule has 1 aliphatic carbocycles. The molecule has 1 aliphatic rings. The van der Waals surface area contributed by atoms with Crippen LogP contribution in [-0.2, 0) is 0 Å². The Hall–Kier alpha value is -0.730. The normalized spacial score (nSPS) is 26.8. The van der Waals surface area contributed by atoms with Gasteiger partial charge in [0.05, 0.1) is 0 Å². The number of rotatable bonds is 3. The predicted octanol–water partition coefficient (Wildman–Crippen LogP) is 1.74. The SMILES string of the molecule is CCNC(=O)NC1CC(C(C)C)C1. The Balaban J connectivity index is 2.11. The summed E-state index contributed by atoms with van der Waals surface area (Å²) in [5.41, 5.74) is 0. The monoisotopic (exact) mass is 184 g/mol. The van der Waals surface area contributed by atoms with E-state index in [0.717, 1.165) is 24.7 Å². The molecule has 1 fully saturated rings. The van der Waals surface area contributed by atoms with Crippen LogP contribution >= 0.6 is 0 Å². The van der Waals surface area contributed by atoms with Crippen molar-refractivity contribution in [2.75, 3.05) is 6.54 Å². The molecule has 0 unspecified atom stereocenters. The average Bonchev–Trinajstić information content (AvgIpc) is 1.95. The lowest BCUT2D eigenvalue weighted by Gasteiger charge is -2.38. The molecule has 0 aromatic heterocycles. The Morgan fingerprint density at radius 3 is 2.54 bits per heavy atom. The molecule has 0 saturated heterocycles. The molecule has 0 spiro atoms. The zero-order valence-corrected chi connectivity index (χ0v) is 8.76. The van der Waals surface area contributed by atoms with E-state index in [0.29, 0.717) is 12.6 Å². The van der Waals surface area contributed by atoms with Gasteiger partial charge in [-0.05, 0) is 31.6 Å². The minimum Gasteiger partial charge on any atom is -0.338 e. The van der Waals surface area contributed by atoms with Gasteiger partial charge in [-0.1, -0.05) is 13.8 Å². The molecule has 2 amide bonds. The second kappa shape index (κ2) is 4.49. The summed E-state index contributed by atoms with van der Waals surface area (Å²) in [5, 5.41) is 5.69. The molecule has 0 aliphatic heterocycles. The van der Waals surface area contributed by atoms with E-state index in [1.807, 2.05) is 6.92 Å². The Morgan fingerprint density at radius 2 is 2.08 bits per heavy atom. The van der Waals surface area contributed by atoms with Crippen molar-refractivity contribution in [1.82, 2.24) is 10.6 Å². The van der Waals surface area contributed by atoms with Gasteiger partial charge in [-0.25, -0.2) is 4.79 Å². The van der Waals surface area contributed by atoms with Crippen molar-refractivity contribution in [2.24, 2.45) is 11.8 Å². The van der Waals surface area contributed by atoms with E-state index in [1.165, 1.54) is 0 Å². The highest BCUT2D eigenvalue weighted by atomic mass is 16.2. The second-order valence-corrected chi connectivity index (χ2v) is 4.18. The Kier molecular flexibility index (Phi) is 3.58. The molecule has 0 heterocycles. The molecule has 1 saturated carbocycles. The van der Waals surface area contributed by atoms with Crippen molar-refractivity contribution in [3.8, 4) is 0 Å². The predicted molar refractivity (Wildman–Crippen MR) is 53.6 cm³/mol. The molecule has 1 rings (SSSR count). The minimum atomic E-state index is -0.0188. The zero-order valence-electron chi connectivity index (χ0n) is 8.76. The number of nitrogens with one attached hydrogen (secondary N) is 2. The average molecular weight is 184 g/mol. The van der Waals surface area contributed by atoms with Crippen LogP contribution in [0.15, 0.2) is 0 Å². The van der Waals surface area contributed by atoms with E-state index in [2.05, 4.69) is 24.5 Å². The van der Waals surface area contributed by atoms with Crippen LogP contribution in [0.3, 0.4) is 0 Å². The van der Waals surface area contributed by atoms with E-state index in [4.69, 9.17) is 0 Å². The van der Waals surface area contributed by atoms with Crippen molar-refractivity contribution < 1.29 is 4.79 Å². The first-order valence-electron chi connectivity index (χ1n) is 5.17. The summed E-state index contributed by atoms with van der Waals surface area (Å²) >= 11 is 0. The standard InChI is InChI=1S/C10H20N2O/c1-4-11-10(13)12-9-5-8(6-9)7(2)3/h7-9H,4-6H2,1-3H3,(H2,11,12,13). The van der Waals surface area contributed by atoms with Gasteiger partial charge < -0.3 is 10.6 Å². The van der Waals surface area contributed by atoms with Crippen LogP contribution in [0.4, 0.5) is 4.79 Å². The third-order valence-corrected chi connectivity index (χ3v) is 2.79. The third kappa shape index (κ3) is 2.90. The molecule has 0 bridgehead atoms. The number of amides is 2. The van der Waals surface area contributed by atoms with E-state index < -0.39 is 0 Å². The maximum absolute atomic E-state index is 11.1. The molecule has 0 radical (unpaired) electrons. The summed E-state index contributed by atoms with van der Waals surface area (Å²) in [5.74, 6) is 1.57. The Bertz CT molecular complexity index is 174. The summed E-state index contributed by atoms with van der Waals surface area (Å²) in [4.78, 5) is 11.1. The van der Waals surface area contributed by atoms with Crippen molar-refractivity contribution in [1.29, 1.82) is 0 Å². The fourth-order valence-corrected chi connectivity index (χ4v) is 1.72.